The molecular formula is C15H19ClN4O. The highest BCUT2D eigenvalue weighted by atomic mass is 35.5. The Labute approximate surface area is 129 Å². The van der Waals surface area contributed by atoms with Gasteiger partial charge in [-0.2, -0.15) is 0 Å². The van der Waals surface area contributed by atoms with Gasteiger partial charge in [0.15, 0.2) is 11.6 Å². The van der Waals surface area contributed by atoms with Gasteiger partial charge in [-0.1, -0.05) is 24.6 Å². The second-order valence-electron chi connectivity index (χ2n) is 4.57. The molecule has 0 aliphatic heterocycles. The van der Waals surface area contributed by atoms with Crippen molar-refractivity contribution in [1.82, 2.24) is 9.97 Å². The Balaban J connectivity index is 2.33. The van der Waals surface area contributed by atoms with E-state index in [4.69, 9.17) is 16.3 Å². The Hall–Kier alpha value is -2.01. The fourth-order valence-corrected chi connectivity index (χ4v) is 2.07. The van der Waals surface area contributed by atoms with Gasteiger partial charge in [-0.3, -0.25) is 0 Å². The van der Waals surface area contributed by atoms with E-state index in [0.717, 1.165) is 24.2 Å². The Morgan fingerprint density at radius 3 is 2.71 bits per heavy atom. The number of hydrogen-bond donors (Lipinski definition) is 2. The molecule has 0 radical (unpaired) electrons. The van der Waals surface area contributed by atoms with Crippen molar-refractivity contribution in [3.8, 4) is 5.75 Å². The maximum atomic E-state index is 6.14. The summed E-state index contributed by atoms with van der Waals surface area (Å²) in [6.07, 6.45) is 2.51. The lowest BCUT2D eigenvalue weighted by Crippen LogP contribution is -2.07. The van der Waals surface area contributed by atoms with Crippen molar-refractivity contribution in [2.75, 3.05) is 24.3 Å². The third-order valence-electron chi connectivity index (χ3n) is 3.07. The zero-order chi connectivity index (χ0) is 15.2. The Morgan fingerprint density at radius 2 is 2.00 bits per heavy atom. The van der Waals surface area contributed by atoms with Crippen molar-refractivity contribution < 1.29 is 4.74 Å². The van der Waals surface area contributed by atoms with Crippen LogP contribution in [0.3, 0.4) is 0 Å². The van der Waals surface area contributed by atoms with Gasteiger partial charge in [0.25, 0.3) is 0 Å². The van der Waals surface area contributed by atoms with Gasteiger partial charge < -0.3 is 15.4 Å². The van der Waals surface area contributed by atoms with Gasteiger partial charge in [0.1, 0.15) is 6.33 Å². The Kier molecular flexibility index (Phi) is 5.22. The maximum absolute atomic E-state index is 6.14. The predicted molar refractivity (Wildman–Crippen MR) is 86.8 cm³/mol. The largest absolute Gasteiger partial charge is 0.490 e. The van der Waals surface area contributed by atoms with E-state index in [1.807, 2.05) is 25.1 Å². The van der Waals surface area contributed by atoms with Crippen LogP contribution in [-0.2, 0) is 0 Å². The lowest BCUT2D eigenvalue weighted by atomic mass is 10.2. The van der Waals surface area contributed by atoms with Crippen LogP contribution in [0.4, 0.5) is 17.3 Å². The molecule has 0 aliphatic rings. The van der Waals surface area contributed by atoms with Crippen LogP contribution in [0.1, 0.15) is 18.9 Å². The van der Waals surface area contributed by atoms with Crippen molar-refractivity contribution in [3.63, 3.8) is 0 Å². The molecule has 0 unspecified atom stereocenters. The summed E-state index contributed by atoms with van der Waals surface area (Å²) in [7, 11) is 1.60. The van der Waals surface area contributed by atoms with Crippen LogP contribution in [0.25, 0.3) is 0 Å². The van der Waals surface area contributed by atoms with Crippen molar-refractivity contribution in [2.24, 2.45) is 0 Å². The minimum absolute atomic E-state index is 0.588. The molecule has 1 aromatic carbocycles. The van der Waals surface area contributed by atoms with E-state index in [9.17, 15) is 0 Å². The highest BCUT2D eigenvalue weighted by molar-refractivity contribution is 6.31. The van der Waals surface area contributed by atoms with Crippen LogP contribution in [0, 0.1) is 6.92 Å². The number of anilines is 3. The normalized spacial score (nSPS) is 10.3. The highest BCUT2D eigenvalue weighted by Gasteiger charge is 2.13. The van der Waals surface area contributed by atoms with Gasteiger partial charge in [-0.15, -0.1) is 0 Å². The van der Waals surface area contributed by atoms with E-state index in [1.54, 1.807) is 7.11 Å². The van der Waals surface area contributed by atoms with Crippen LogP contribution < -0.4 is 15.4 Å². The molecule has 0 bridgehead atoms. The first kappa shape index (κ1) is 15.4. The molecule has 2 aromatic rings. The molecule has 21 heavy (non-hydrogen) atoms. The zero-order valence-electron chi connectivity index (χ0n) is 12.4. The second-order valence-corrected chi connectivity index (χ2v) is 4.98. The van der Waals surface area contributed by atoms with E-state index < -0.39 is 0 Å². The second kappa shape index (κ2) is 7.13. The standard InChI is InChI=1S/C15H19ClN4O/c1-4-8-17-14-13(21-3)15(19-9-18-14)20-12-7-5-6-11(16)10(12)2/h5-7,9H,4,8H2,1-3H3,(H2,17,18,19,20). The molecule has 0 amide bonds. The topological polar surface area (TPSA) is 59.1 Å². The monoisotopic (exact) mass is 306 g/mol. The average Bonchev–Trinajstić information content (AvgIpc) is 2.50. The number of ether oxygens (including phenoxy) is 1. The minimum atomic E-state index is 0.588. The number of aromatic nitrogens is 2. The van der Waals surface area contributed by atoms with Gasteiger partial charge >= 0.3 is 0 Å². The molecule has 0 saturated carbocycles. The van der Waals surface area contributed by atoms with Crippen molar-refractivity contribution >= 4 is 28.9 Å². The molecule has 0 spiro atoms. The predicted octanol–water partition coefficient (Wildman–Crippen LogP) is 4.01. The maximum Gasteiger partial charge on any atom is 0.204 e. The molecule has 0 aliphatic carbocycles. The summed E-state index contributed by atoms with van der Waals surface area (Å²) >= 11 is 6.14. The molecule has 2 N–H and O–H groups in total. The molecule has 1 heterocycles. The van der Waals surface area contributed by atoms with Gasteiger partial charge in [-0.25, -0.2) is 9.97 Å². The summed E-state index contributed by atoms with van der Waals surface area (Å²) in [5, 5.41) is 7.18. The van der Waals surface area contributed by atoms with Gasteiger partial charge in [-0.05, 0) is 31.0 Å². The highest BCUT2D eigenvalue weighted by Crippen LogP contribution is 2.33. The Bertz CT molecular complexity index is 619. The average molecular weight is 307 g/mol. The van der Waals surface area contributed by atoms with E-state index in [0.29, 0.717) is 22.4 Å². The van der Waals surface area contributed by atoms with Gasteiger partial charge in [0.2, 0.25) is 5.75 Å². The van der Waals surface area contributed by atoms with Crippen molar-refractivity contribution in [2.45, 2.75) is 20.3 Å². The van der Waals surface area contributed by atoms with Crippen molar-refractivity contribution in [3.05, 3.63) is 35.1 Å². The number of rotatable bonds is 6. The number of nitrogens with zero attached hydrogens (tertiary/aromatic N) is 2. The molecule has 5 nitrogen and oxygen atoms in total. The first-order valence-electron chi connectivity index (χ1n) is 6.82. The molecular weight excluding hydrogens is 288 g/mol. The third-order valence-corrected chi connectivity index (χ3v) is 3.48. The third kappa shape index (κ3) is 3.55. The first-order chi connectivity index (χ1) is 10.2. The van der Waals surface area contributed by atoms with Crippen LogP contribution in [0.15, 0.2) is 24.5 Å². The van der Waals surface area contributed by atoms with Gasteiger partial charge in [0, 0.05) is 17.3 Å². The van der Waals surface area contributed by atoms with E-state index in [2.05, 4.69) is 27.5 Å². The van der Waals surface area contributed by atoms with Gasteiger partial charge in [0.05, 0.1) is 7.11 Å². The number of hydrogen-bond acceptors (Lipinski definition) is 5. The fourth-order valence-electron chi connectivity index (χ4n) is 1.90. The summed E-state index contributed by atoms with van der Waals surface area (Å²) in [6.45, 7) is 4.87. The number of benzene rings is 1. The summed E-state index contributed by atoms with van der Waals surface area (Å²) in [5.74, 6) is 1.87. The number of methoxy groups -OCH3 is 1. The number of nitrogens with one attached hydrogen (secondary N) is 2. The molecule has 112 valence electrons. The lowest BCUT2D eigenvalue weighted by molar-refractivity contribution is 0.415. The summed E-state index contributed by atoms with van der Waals surface area (Å²) in [6, 6.07) is 5.69. The summed E-state index contributed by atoms with van der Waals surface area (Å²) in [4.78, 5) is 8.47. The first-order valence-corrected chi connectivity index (χ1v) is 7.20. The lowest BCUT2D eigenvalue weighted by Gasteiger charge is -2.15. The summed E-state index contributed by atoms with van der Waals surface area (Å²) in [5.41, 5.74) is 1.85. The molecule has 0 fully saturated rings. The van der Waals surface area contributed by atoms with Crippen LogP contribution >= 0.6 is 11.6 Å². The Morgan fingerprint density at radius 1 is 1.24 bits per heavy atom. The van der Waals surface area contributed by atoms with Crippen LogP contribution in [-0.4, -0.2) is 23.6 Å². The molecule has 2 rings (SSSR count). The summed E-state index contributed by atoms with van der Waals surface area (Å²) < 4.78 is 5.43. The zero-order valence-corrected chi connectivity index (χ0v) is 13.2. The van der Waals surface area contributed by atoms with Crippen molar-refractivity contribution in [1.29, 1.82) is 0 Å². The van der Waals surface area contributed by atoms with E-state index in [-0.39, 0.29) is 0 Å². The fraction of sp³-hybridized carbons (Fsp3) is 0.333. The van der Waals surface area contributed by atoms with Crippen LogP contribution in [0.5, 0.6) is 5.75 Å². The van der Waals surface area contributed by atoms with Crippen LogP contribution in [0.2, 0.25) is 5.02 Å². The van der Waals surface area contributed by atoms with E-state index in [1.165, 1.54) is 6.33 Å². The number of halogens is 1. The minimum Gasteiger partial charge on any atom is -0.490 e. The quantitative estimate of drug-likeness (QED) is 0.844. The smallest absolute Gasteiger partial charge is 0.204 e. The molecule has 1 aromatic heterocycles. The SMILES string of the molecule is CCCNc1ncnc(Nc2cccc(Cl)c2C)c1OC. The molecule has 6 heteroatoms. The van der Waals surface area contributed by atoms with E-state index >= 15 is 0 Å². The molecule has 0 saturated heterocycles. The molecule has 0 atom stereocenters.